The Balaban J connectivity index is 1.77. The number of aryl methyl sites for hydroxylation is 1. The van der Waals surface area contributed by atoms with Gasteiger partial charge in [0.1, 0.15) is 10.6 Å². The number of aromatic nitrogens is 3. The Hall–Kier alpha value is -2.83. The van der Waals surface area contributed by atoms with Gasteiger partial charge in [-0.3, -0.25) is 4.98 Å². The van der Waals surface area contributed by atoms with Crippen molar-refractivity contribution in [1.82, 2.24) is 20.3 Å². The Morgan fingerprint density at radius 1 is 0.931 bits per heavy atom. The van der Waals surface area contributed by atoms with Crippen LogP contribution in [0.3, 0.4) is 0 Å². The molecule has 1 aliphatic rings. The second-order valence-corrected chi connectivity index (χ2v) is 8.48. The Morgan fingerprint density at radius 3 is 2.59 bits per heavy atom. The monoisotopic (exact) mass is 401 g/mol. The molecule has 0 saturated carbocycles. The van der Waals surface area contributed by atoms with E-state index in [2.05, 4.69) is 52.5 Å². The molecule has 4 aromatic rings. The largest absolute Gasteiger partial charge is 0.355 e. The Bertz CT molecular complexity index is 1120. The quantitative estimate of drug-likeness (QED) is 0.547. The fourth-order valence-corrected chi connectivity index (χ4v) is 5.00. The van der Waals surface area contributed by atoms with Crippen molar-refractivity contribution < 1.29 is 0 Å². The minimum atomic E-state index is 0.771. The summed E-state index contributed by atoms with van der Waals surface area (Å²) >= 11 is 1.76. The van der Waals surface area contributed by atoms with Gasteiger partial charge in [0.2, 0.25) is 0 Å². The molecule has 0 bridgehead atoms. The van der Waals surface area contributed by atoms with Gasteiger partial charge < -0.3 is 10.2 Å². The summed E-state index contributed by atoms with van der Waals surface area (Å²) in [6.07, 6.45) is 4.71. The van der Waals surface area contributed by atoms with E-state index in [1.165, 1.54) is 21.4 Å². The molecule has 5 nitrogen and oxygen atoms in total. The van der Waals surface area contributed by atoms with Gasteiger partial charge in [0.15, 0.2) is 5.82 Å². The van der Waals surface area contributed by atoms with Crippen LogP contribution in [-0.2, 0) is 0 Å². The smallest absolute Gasteiger partial charge is 0.163 e. The summed E-state index contributed by atoms with van der Waals surface area (Å²) in [6, 6.07) is 14.6. The second-order valence-electron chi connectivity index (χ2n) is 7.28. The van der Waals surface area contributed by atoms with E-state index >= 15 is 0 Å². The highest BCUT2D eigenvalue weighted by Gasteiger charge is 2.23. The molecule has 1 saturated heterocycles. The van der Waals surface area contributed by atoms with Gasteiger partial charge in [-0.1, -0.05) is 30.3 Å². The number of nitrogens with one attached hydrogen (secondary N) is 1. The van der Waals surface area contributed by atoms with Crippen molar-refractivity contribution in [2.75, 3.05) is 31.1 Å². The predicted octanol–water partition coefficient (Wildman–Crippen LogP) is 4.53. The molecule has 3 aromatic heterocycles. The van der Waals surface area contributed by atoms with Crippen LogP contribution in [0.2, 0.25) is 0 Å². The number of nitrogens with zero attached hydrogens (tertiary/aromatic N) is 4. The maximum atomic E-state index is 5.10. The van der Waals surface area contributed by atoms with Crippen molar-refractivity contribution in [3.05, 3.63) is 59.7 Å². The molecule has 4 heterocycles. The summed E-state index contributed by atoms with van der Waals surface area (Å²) in [5.41, 5.74) is 3.49. The van der Waals surface area contributed by atoms with Crippen molar-refractivity contribution in [3.8, 4) is 22.5 Å². The van der Waals surface area contributed by atoms with E-state index in [0.29, 0.717) is 0 Å². The molecule has 5 rings (SSSR count). The summed E-state index contributed by atoms with van der Waals surface area (Å²) in [5, 5.41) is 4.68. The molecular formula is C23H23N5S. The first-order chi connectivity index (χ1) is 14.3. The van der Waals surface area contributed by atoms with Crippen molar-refractivity contribution in [2.24, 2.45) is 0 Å². The zero-order valence-corrected chi connectivity index (χ0v) is 17.2. The molecule has 0 spiro atoms. The number of anilines is 1. The molecule has 0 atom stereocenters. The lowest BCUT2D eigenvalue weighted by Crippen LogP contribution is -2.29. The Morgan fingerprint density at radius 2 is 1.76 bits per heavy atom. The molecule has 1 N–H and O–H groups in total. The Kier molecular flexibility index (Phi) is 4.96. The van der Waals surface area contributed by atoms with Crippen molar-refractivity contribution in [1.29, 1.82) is 0 Å². The molecule has 6 heteroatoms. The van der Waals surface area contributed by atoms with E-state index < -0.39 is 0 Å². The molecule has 1 fully saturated rings. The standard InChI is InChI=1S/C23H23N5S/c1-16-19(17-6-3-2-4-7-17)20-22(28-14-5-10-24-13-15-28)26-21(27-23(20)29-16)18-8-11-25-12-9-18/h2-4,6-9,11-12,24H,5,10,13-15H2,1H3. The van der Waals surface area contributed by atoms with Crippen LogP contribution in [-0.4, -0.2) is 41.1 Å². The SMILES string of the molecule is Cc1sc2nc(-c3ccncc3)nc(N3CCCNCC3)c2c1-c1ccccc1. The lowest BCUT2D eigenvalue weighted by molar-refractivity contribution is 0.724. The second kappa shape index (κ2) is 7.89. The first-order valence-electron chi connectivity index (χ1n) is 10.0. The van der Waals surface area contributed by atoms with E-state index in [1.54, 1.807) is 23.7 Å². The van der Waals surface area contributed by atoms with Gasteiger partial charge in [-0.25, -0.2) is 9.97 Å². The summed E-state index contributed by atoms with van der Waals surface area (Å²) < 4.78 is 0. The van der Waals surface area contributed by atoms with Crippen LogP contribution in [0.25, 0.3) is 32.7 Å². The average Bonchev–Trinajstić information content (AvgIpc) is 2.93. The fourth-order valence-electron chi connectivity index (χ4n) is 3.96. The third-order valence-electron chi connectivity index (χ3n) is 5.35. The number of thiophene rings is 1. The average molecular weight is 402 g/mol. The van der Waals surface area contributed by atoms with Crippen LogP contribution >= 0.6 is 11.3 Å². The molecule has 0 amide bonds. The fraction of sp³-hybridized carbons (Fsp3) is 0.261. The molecular weight excluding hydrogens is 378 g/mol. The van der Waals surface area contributed by atoms with E-state index in [0.717, 1.165) is 54.6 Å². The number of fused-ring (bicyclic) bond motifs is 1. The minimum absolute atomic E-state index is 0.771. The maximum Gasteiger partial charge on any atom is 0.163 e. The van der Waals surface area contributed by atoms with Crippen LogP contribution in [0.4, 0.5) is 5.82 Å². The normalized spacial score (nSPS) is 14.9. The highest BCUT2D eigenvalue weighted by Crippen LogP contribution is 2.42. The number of pyridine rings is 1. The number of hydrogen-bond donors (Lipinski definition) is 1. The highest BCUT2D eigenvalue weighted by molar-refractivity contribution is 7.19. The van der Waals surface area contributed by atoms with Crippen LogP contribution in [0.5, 0.6) is 0 Å². The van der Waals surface area contributed by atoms with E-state index in [4.69, 9.17) is 9.97 Å². The van der Waals surface area contributed by atoms with Crippen LogP contribution < -0.4 is 10.2 Å². The van der Waals surface area contributed by atoms with E-state index in [1.807, 2.05) is 12.1 Å². The zero-order chi connectivity index (χ0) is 19.6. The third-order valence-corrected chi connectivity index (χ3v) is 6.35. The molecule has 0 aliphatic carbocycles. The van der Waals surface area contributed by atoms with E-state index in [9.17, 15) is 0 Å². The highest BCUT2D eigenvalue weighted by atomic mass is 32.1. The van der Waals surface area contributed by atoms with Crippen LogP contribution in [0.15, 0.2) is 54.9 Å². The third kappa shape index (κ3) is 3.50. The molecule has 0 radical (unpaired) electrons. The minimum Gasteiger partial charge on any atom is -0.355 e. The van der Waals surface area contributed by atoms with Crippen molar-refractivity contribution in [2.45, 2.75) is 13.3 Å². The lowest BCUT2D eigenvalue weighted by atomic mass is 10.0. The zero-order valence-electron chi connectivity index (χ0n) is 16.4. The summed E-state index contributed by atoms with van der Waals surface area (Å²) in [5.74, 6) is 1.82. The first-order valence-corrected chi connectivity index (χ1v) is 10.9. The van der Waals surface area contributed by atoms with Gasteiger partial charge in [-0.15, -0.1) is 11.3 Å². The maximum absolute atomic E-state index is 5.10. The van der Waals surface area contributed by atoms with E-state index in [-0.39, 0.29) is 0 Å². The molecule has 1 aliphatic heterocycles. The lowest BCUT2D eigenvalue weighted by Gasteiger charge is -2.23. The first kappa shape index (κ1) is 18.2. The van der Waals surface area contributed by atoms with Crippen LogP contribution in [0, 0.1) is 6.92 Å². The van der Waals surface area contributed by atoms with Gasteiger partial charge in [0.25, 0.3) is 0 Å². The number of hydrogen-bond acceptors (Lipinski definition) is 6. The molecule has 0 unspecified atom stereocenters. The van der Waals surface area contributed by atoms with Gasteiger partial charge in [0, 0.05) is 48.0 Å². The number of benzene rings is 1. The topological polar surface area (TPSA) is 53.9 Å². The number of rotatable bonds is 3. The summed E-state index contributed by atoms with van der Waals surface area (Å²) in [4.78, 5) is 19.0. The van der Waals surface area contributed by atoms with Gasteiger partial charge in [0.05, 0.1) is 5.39 Å². The van der Waals surface area contributed by atoms with Gasteiger partial charge in [-0.05, 0) is 37.6 Å². The van der Waals surface area contributed by atoms with Crippen LogP contribution in [0.1, 0.15) is 11.3 Å². The molecule has 29 heavy (non-hydrogen) atoms. The summed E-state index contributed by atoms with van der Waals surface area (Å²) in [7, 11) is 0. The van der Waals surface area contributed by atoms with Gasteiger partial charge in [-0.2, -0.15) is 0 Å². The van der Waals surface area contributed by atoms with Crippen molar-refractivity contribution in [3.63, 3.8) is 0 Å². The molecule has 1 aromatic carbocycles. The molecule has 146 valence electrons. The van der Waals surface area contributed by atoms with Crippen molar-refractivity contribution >= 4 is 27.4 Å². The Labute approximate surface area is 174 Å². The predicted molar refractivity (Wildman–Crippen MR) is 121 cm³/mol. The van der Waals surface area contributed by atoms with Gasteiger partial charge >= 0.3 is 0 Å². The summed E-state index contributed by atoms with van der Waals surface area (Å²) in [6.45, 7) is 6.16.